The molecule has 0 saturated carbocycles. The van der Waals surface area contributed by atoms with Gasteiger partial charge >= 0.3 is 5.69 Å². The molecule has 0 aliphatic rings. The third-order valence-corrected chi connectivity index (χ3v) is 5.98. The van der Waals surface area contributed by atoms with Crippen LogP contribution in [0.3, 0.4) is 0 Å². The summed E-state index contributed by atoms with van der Waals surface area (Å²) in [4.78, 5) is 11.9. The maximum absolute atomic E-state index is 11.9. The van der Waals surface area contributed by atoms with Gasteiger partial charge in [-0.3, -0.25) is 9.13 Å². The van der Waals surface area contributed by atoms with Crippen molar-refractivity contribution in [2.75, 3.05) is 0 Å². The average Bonchev–Trinajstić information content (AvgIpc) is 2.91. The Labute approximate surface area is 141 Å². The van der Waals surface area contributed by atoms with Crippen LogP contribution in [0.1, 0.15) is 17.2 Å². The fraction of sp³-hybridized carbons (Fsp3) is 0.214. The van der Waals surface area contributed by atoms with Crippen LogP contribution in [0.5, 0.6) is 0 Å². The molecule has 2 heterocycles. The van der Waals surface area contributed by atoms with E-state index >= 15 is 0 Å². The summed E-state index contributed by atoms with van der Waals surface area (Å²) >= 11 is 8.40. The Bertz CT molecular complexity index is 894. The molecular weight excluding hydrogens is 420 g/mol. The van der Waals surface area contributed by atoms with Crippen molar-refractivity contribution in [1.82, 2.24) is 9.13 Å². The summed E-state index contributed by atoms with van der Waals surface area (Å²) in [5.74, 6) is 0. The molecule has 0 saturated heterocycles. The van der Waals surface area contributed by atoms with Gasteiger partial charge in [-0.05, 0) is 55.6 Å². The van der Waals surface area contributed by atoms with Crippen molar-refractivity contribution < 1.29 is 5.11 Å². The van der Waals surface area contributed by atoms with Crippen LogP contribution in [-0.2, 0) is 14.1 Å². The molecule has 1 aromatic carbocycles. The first-order valence-electron chi connectivity index (χ1n) is 6.18. The number of aliphatic hydroxyl groups excluding tert-OH is 1. The van der Waals surface area contributed by atoms with Crippen LogP contribution in [0.25, 0.3) is 11.0 Å². The van der Waals surface area contributed by atoms with Crippen molar-refractivity contribution in [2.45, 2.75) is 6.10 Å². The lowest BCUT2D eigenvalue weighted by atomic mass is 10.0. The largest absolute Gasteiger partial charge is 0.384 e. The zero-order chi connectivity index (χ0) is 15.3. The van der Waals surface area contributed by atoms with Gasteiger partial charge in [0.15, 0.2) is 0 Å². The Morgan fingerprint density at radius 3 is 2.43 bits per heavy atom. The molecule has 0 amide bonds. The van der Waals surface area contributed by atoms with Crippen LogP contribution in [0.4, 0.5) is 0 Å². The Morgan fingerprint density at radius 2 is 1.81 bits per heavy atom. The minimum absolute atomic E-state index is 0.0731. The van der Waals surface area contributed by atoms with Gasteiger partial charge in [-0.15, -0.1) is 11.3 Å². The van der Waals surface area contributed by atoms with Crippen molar-refractivity contribution >= 4 is 54.2 Å². The van der Waals surface area contributed by atoms with Gasteiger partial charge in [-0.1, -0.05) is 6.07 Å². The van der Waals surface area contributed by atoms with Crippen LogP contribution in [0.15, 0.2) is 36.6 Å². The quantitative estimate of drug-likeness (QED) is 0.674. The highest BCUT2D eigenvalue weighted by Crippen LogP contribution is 2.38. The normalized spacial score (nSPS) is 13.0. The predicted octanol–water partition coefficient (Wildman–Crippen LogP) is 3.55. The number of aliphatic hydroxyl groups is 1. The number of benzene rings is 1. The van der Waals surface area contributed by atoms with E-state index in [1.165, 1.54) is 11.3 Å². The number of imidazole rings is 1. The zero-order valence-electron chi connectivity index (χ0n) is 11.3. The number of hydrogen-bond donors (Lipinski definition) is 1. The molecule has 1 unspecified atom stereocenters. The number of halogens is 2. The second-order valence-electron chi connectivity index (χ2n) is 4.83. The van der Waals surface area contributed by atoms with Gasteiger partial charge in [0.2, 0.25) is 0 Å². The van der Waals surface area contributed by atoms with Gasteiger partial charge in [-0.25, -0.2) is 4.79 Å². The SMILES string of the molecule is Cn1c(=O)n(C)c2cc(C(O)c3cc(Br)sc3Br)ccc21. The molecule has 0 aliphatic carbocycles. The first kappa shape index (κ1) is 15.0. The summed E-state index contributed by atoms with van der Waals surface area (Å²) in [5.41, 5.74) is 3.16. The van der Waals surface area contributed by atoms with E-state index in [0.29, 0.717) is 0 Å². The van der Waals surface area contributed by atoms with Gasteiger partial charge in [0.05, 0.1) is 18.6 Å². The highest BCUT2D eigenvalue weighted by Gasteiger charge is 2.18. The monoisotopic (exact) mass is 430 g/mol. The fourth-order valence-electron chi connectivity index (χ4n) is 2.41. The molecule has 0 fully saturated rings. The summed E-state index contributed by atoms with van der Waals surface area (Å²) in [7, 11) is 3.48. The Morgan fingerprint density at radius 1 is 1.14 bits per heavy atom. The maximum atomic E-state index is 11.9. The molecule has 0 spiro atoms. The Balaban J connectivity index is 2.15. The lowest BCUT2D eigenvalue weighted by Gasteiger charge is -2.11. The molecule has 2 aromatic heterocycles. The Kier molecular flexibility index (Phi) is 3.85. The van der Waals surface area contributed by atoms with E-state index in [1.54, 1.807) is 23.2 Å². The zero-order valence-corrected chi connectivity index (χ0v) is 15.3. The van der Waals surface area contributed by atoms with E-state index < -0.39 is 6.10 Å². The summed E-state index contributed by atoms with van der Waals surface area (Å²) in [6, 6.07) is 7.47. The molecule has 0 bridgehead atoms. The van der Waals surface area contributed by atoms with Crippen molar-refractivity contribution in [3.05, 3.63) is 53.4 Å². The van der Waals surface area contributed by atoms with E-state index in [1.807, 2.05) is 24.3 Å². The molecule has 1 atom stereocenters. The summed E-state index contributed by atoms with van der Waals surface area (Å²) in [6.07, 6.45) is -0.735. The second-order valence-corrected chi connectivity index (χ2v) is 8.58. The lowest BCUT2D eigenvalue weighted by Crippen LogP contribution is -2.19. The molecule has 4 nitrogen and oxygen atoms in total. The van der Waals surface area contributed by atoms with Gasteiger partial charge in [-0.2, -0.15) is 0 Å². The number of aryl methyl sites for hydroxylation is 2. The highest BCUT2D eigenvalue weighted by atomic mass is 79.9. The molecule has 1 N–H and O–H groups in total. The molecule has 0 radical (unpaired) electrons. The minimum Gasteiger partial charge on any atom is -0.384 e. The van der Waals surface area contributed by atoms with Crippen LogP contribution >= 0.6 is 43.2 Å². The molecule has 3 aromatic rings. The second kappa shape index (κ2) is 5.39. The van der Waals surface area contributed by atoms with E-state index in [-0.39, 0.29) is 5.69 Å². The third-order valence-electron chi connectivity index (χ3n) is 3.59. The van der Waals surface area contributed by atoms with Gasteiger partial charge < -0.3 is 5.11 Å². The number of hydrogen-bond acceptors (Lipinski definition) is 3. The van der Waals surface area contributed by atoms with Crippen LogP contribution in [-0.4, -0.2) is 14.2 Å². The number of aromatic nitrogens is 2. The molecular formula is C14H12Br2N2O2S. The lowest BCUT2D eigenvalue weighted by molar-refractivity contribution is 0.220. The van der Waals surface area contributed by atoms with Crippen molar-refractivity contribution in [1.29, 1.82) is 0 Å². The Hall–Kier alpha value is -0.890. The molecule has 21 heavy (non-hydrogen) atoms. The van der Waals surface area contributed by atoms with Crippen molar-refractivity contribution in [3.8, 4) is 0 Å². The first-order valence-corrected chi connectivity index (χ1v) is 8.58. The molecule has 110 valence electrons. The van der Waals surface area contributed by atoms with E-state index in [0.717, 1.165) is 29.7 Å². The third kappa shape index (κ3) is 2.42. The topological polar surface area (TPSA) is 47.2 Å². The number of fused-ring (bicyclic) bond motifs is 1. The minimum atomic E-state index is -0.735. The smallest absolute Gasteiger partial charge is 0.328 e. The first-order chi connectivity index (χ1) is 9.90. The summed E-state index contributed by atoms with van der Waals surface area (Å²) in [6.45, 7) is 0. The van der Waals surface area contributed by atoms with Gasteiger partial charge in [0, 0.05) is 19.7 Å². The highest BCUT2D eigenvalue weighted by molar-refractivity contribution is 9.12. The van der Waals surface area contributed by atoms with Crippen LogP contribution in [0, 0.1) is 0 Å². The number of rotatable bonds is 2. The number of nitrogens with zero attached hydrogens (tertiary/aromatic N) is 2. The fourth-order valence-corrected chi connectivity index (χ4v) is 5.30. The predicted molar refractivity (Wildman–Crippen MR) is 91.9 cm³/mol. The van der Waals surface area contributed by atoms with Crippen LogP contribution < -0.4 is 5.69 Å². The van der Waals surface area contributed by atoms with Crippen molar-refractivity contribution in [3.63, 3.8) is 0 Å². The standard InChI is InChI=1S/C14H12Br2N2O2S/c1-17-9-4-3-7(5-10(9)18(2)14(17)20)12(19)8-6-11(15)21-13(8)16/h3-6,12,19H,1-2H3. The van der Waals surface area contributed by atoms with E-state index in [9.17, 15) is 9.90 Å². The van der Waals surface area contributed by atoms with Gasteiger partial charge in [0.25, 0.3) is 0 Å². The van der Waals surface area contributed by atoms with Crippen molar-refractivity contribution in [2.24, 2.45) is 14.1 Å². The van der Waals surface area contributed by atoms with Gasteiger partial charge in [0.1, 0.15) is 6.10 Å². The molecule has 7 heteroatoms. The molecule has 3 rings (SSSR count). The van der Waals surface area contributed by atoms with Crippen LogP contribution in [0.2, 0.25) is 0 Å². The summed E-state index contributed by atoms with van der Waals surface area (Å²) in [5, 5.41) is 10.6. The maximum Gasteiger partial charge on any atom is 0.328 e. The average molecular weight is 432 g/mol. The van der Waals surface area contributed by atoms with E-state index in [2.05, 4.69) is 31.9 Å². The number of thiophene rings is 1. The molecule has 0 aliphatic heterocycles. The summed E-state index contributed by atoms with van der Waals surface area (Å²) < 4.78 is 5.03. The van der Waals surface area contributed by atoms with E-state index in [4.69, 9.17) is 0 Å².